The van der Waals surface area contributed by atoms with Crippen LogP contribution in [0.1, 0.15) is 32.2 Å². The SMILES string of the molecule is Cc1cc(C(=O)NNC(=O)c2cccnc2Cl)c(C)o1. The fraction of sp³-hybridized carbons (Fsp3) is 0.154. The molecule has 0 radical (unpaired) electrons. The van der Waals surface area contributed by atoms with Crippen LogP contribution in [0, 0.1) is 13.8 Å². The van der Waals surface area contributed by atoms with Gasteiger partial charge in [-0.25, -0.2) is 4.98 Å². The molecule has 0 unspecified atom stereocenters. The molecule has 2 amide bonds. The number of carbonyl (C=O) groups is 2. The quantitative estimate of drug-likeness (QED) is 0.655. The zero-order chi connectivity index (χ0) is 14.7. The Morgan fingerprint density at radius 3 is 2.40 bits per heavy atom. The second kappa shape index (κ2) is 5.75. The number of carbonyl (C=O) groups excluding carboxylic acids is 2. The first-order chi connectivity index (χ1) is 9.49. The van der Waals surface area contributed by atoms with E-state index in [1.807, 2.05) is 0 Å². The third-order valence-corrected chi connectivity index (χ3v) is 2.88. The van der Waals surface area contributed by atoms with Crippen molar-refractivity contribution >= 4 is 23.4 Å². The standard InChI is InChI=1S/C13H12ClN3O3/c1-7-6-10(8(2)20-7)13(19)17-16-12(18)9-4-3-5-15-11(9)14/h3-6H,1-2H3,(H,16,18)(H,17,19). The van der Waals surface area contributed by atoms with Gasteiger partial charge in [-0.05, 0) is 32.0 Å². The van der Waals surface area contributed by atoms with Crippen molar-refractivity contribution in [3.8, 4) is 0 Å². The summed E-state index contributed by atoms with van der Waals surface area (Å²) >= 11 is 5.78. The van der Waals surface area contributed by atoms with Crippen LogP contribution in [0.25, 0.3) is 0 Å². The average Bonchev–Trinajstić information content (AvgIpc) is 2.75. The molecular formula is C13H12ClN3O3. The van der Waals surface area contributed by atoms with Gasteiger partial charge < -0.3 is 4.42 Å². The number of aromatic nitrogens is 1. The lowest BCUT2D eigenvalue weighted by atomic mass is 10.2. The van der Waals surface area contributed by atoms with E-state index in [4.69, 9.17) is 16.0 Å². The summed E-state index contributed by atoms with van der Waals surface area (Å²) in [7, 11) is 0. The minimum atomic E-state index is -0.547. The van der Waals surface area contributed by atoms with Gasteiger partial charge in [-0.15, -0.1) is 0 Å². The Morgan fingerprint density at radius 2 is 1.85 bits per heavy atom. The lowest BCUT2D eigenvalue weighted by Gasteiger charge is -2.07. The molecule has 0 spiro atoms. The molecule has 0 saturated heterocycles. The first-order valence-corrected chi connectivity index (χ1v) is 6.15. The molecule has 2 heterocycles. The highest BCUT2D eigenvalue weighted by Gasteiger charge is 2.15. The molecule has 0 bridgehead atoms. The normalized spacial score (nSPS) is 10.2. The summed E-state index contributed by atoms with van der Waals surface area (Å²) in [6.07, 6.45) is 1.47. The highest BCUT2D eigenvalue weighted by Crippen LogP contribution is 2.13. The molecule has 7 heteroatoms. The van der Waals surface area contributed by atoms with E-state index < -0.39 is 11.8 Å². The van der Waals surface area contributed by atoms with Crippen LogP contribution >= 0.6 is 11.6 Å². The number of rotatable bonds is 2. The third kappa shape index (κ3) is 2.97. The molecule has 2 rings (SSSR count). The van der Waals surface area contributed by atoms with Gasteiger partial charge in [0.25, 0.3) is 11.8 Å². The first kappa shape index (κ1) is 14.1. The fourth-order valence-electron chi connectivity index (χ4n) is 1.66. The minimum absolute atomic E-state index is 0.0644. The number of amides is 2. The molecule has 2 aromatic heterocycles. The smallest absolute Gasteiger partial charge is 0.273 e. The number of furan rings is 1. The second-order valence-corrected chi connectivity index (χ2v) is 4.43. The Morgan fingerprint density at radius 1 is 1.20 bits per heavy atom. The number of hydrogen-bond acceptors (Lipinski definition) is 4. The van der Waals surface area contributed by atoms with Gasteiger partial charge in [-0.3, -0.25) is 20.4 Å². The van der Waals surface area contributed by atoms with Gasteiger partial charge in [0, 0.05) is 6.20 Å². The second-order valence-electron chi connectivity index (χ2n) is 4.08. The highest BCUT2D eigenvalue weighted by molar-refractivity contribution is 6.32. The Labute approximate surface area is 120 Å². The molecule has 20 heavy (non-hydrogen) atoms. The van der Waals surface area contributed by atoms with Gasteiger partial charge in [0.15, 0.2) is 0 Å². The maximum atomic E-state index is 11.9. The fourth-order valence-corrected chi connectivity index (χ4v) is 1.87. The molecule has 0 fully saturated rings. The van der Waals surface area contributed by atoms with Crippen molar-refractivity contribution < 1.29 is 14.0 Å². The maximum absolute atomic E-state index is 11.9. The lowest BCUT2D eigenvalue weighted by Crippen LogP contribution is -2.41. The number of hydrogen-bond donors (Lipinski definition) is 2. The van der Waals surface area contributed by atoms with Crippen molar-refractivity contribution in [2.45, 2.75) is 13.8 Å². The summed E-state index contributed by atoms with van der Waals surface area (Å²) < 4.78 is 5.24. The van der Waals surface area contributed by atoms with Gasteiger partial charge in [0.2, 0.25) is 0 Å². The predicted molar refractivity (Wildman–Crippen MR) is 72.4 cm³/mol. The Balaban J connectivity index is 2.02. The van der Waals surface area contributed by atoms with Crippen LogP contribution in [0.2, 0.25) is 5.15 Å². The maximum Gasteiger partial charge on any atom is 0.273 e. The van der Waals surface area contributed by atoms with Gasteiger partial charge in [0.05, 0.1) is 11.1 Å². The van der Waals surface area contributed by atoms with Crippen LogP contribution in [0.15, 0.2) is 28.8 Å². The van der Waals surface area contributed by atoms with Crippen LogP contribution in [-0.4, -0.2) is 16.8 Å². The van der Waals surface area contributed by atoms with Crippen molar-refractivity contribution in [1.82, 2.24) is 15.8 Å². The summed E-state index contributed by atoms with van der Waals surface area (Å²) in [5, 5.41) is 0.0644. The van der Waals surface area contributed by atoms with E-state index in [9.17, 15) is 9.59 Å². The molecule has 0 atom stereocenters. The number of pyridine rings is 1. The third-order valence-electron chi connectivity index (χ3n) is 2.58. The molecule has 2 aromatic rings. The summed E-state index contributed by atoms with van der Waals surface area (Å²) in [6.45, 7) is 3.40. The zero-order valence-electron chi connectivity index (χ0n) is 10.9. The van der Waals surface area contributed by atoms with Crippen molar-refractivity contribution in [2.24, 2.45) is 0 Å². The largest absolute Gasteiger partial charge is 0.466 e. The number of aryl methyl sites for hydroxylation is 2. The zero-order valence-corrected chi connectivity index (χ0v) is 11.6. The van der Waals surface area contributed by atoms with E-state index in [0.29, 0.717) is 17.1 Å². The predicted octanol–water partition coefficient (Wildman–Crippen LogP) is 2.02. The van der Waals surface area contributed by atoms with Crippen molar-refractivity contribution in [3.05, 3.63) is 52.2 Å². The topological polar surface area (TPSA) is 84.2 Å². The Bertz CT molecular complexity index is 667. The summed E-state index contributed by atoms with van der Waals surface area (Å²) in [6, 6.07) is 4.67. The van der Waals surface area contributed by atoms with E-state index in [2.05, 4.69) is 15.8 Å². The molecule has 0 saturated carbocycles. The van der Waals surface area contributed by atoms with Crippen molar-refractivity contribution in [1.29, 1.82) is 0 Å². The van der Waals surface area contributed by atoms with Crippen LogP contribution in [0.4, 0.5) is 0 Å². The molecule has 0 aromatic carbocycles. The van der Waals surface area contributed by atoms with E-state index in [0.717, 1.165) is 0 Å². The van der Waals surface area contributed by atoms with E-state index in [1.54, 1.807) is 26.0 Å². The van der Waals surface area contributed by atoms with Crippen LogP contribution in [0.3, 0.4) is 0 Å². The Kier molecular flexibility index (Phi) is 4.05. The van der Waals surface area contributed by atoms with Crippen LogP contribution in [0.5, 0.6) is 0 Å². The number of nitrogens with one attached hydrogen (secondary N) is 2. The monoisotopic (exact) mass is 293 g/mol. The van der Waals surface area contributed by atoms with Crippen molar-refractivity contribution in [2.75, 3.05) is 0 Å². The van der Waals surface area contributed by atoms with E-state index in [1.165, 1.54) is 12.3 Å². The van der Waals surface area contributed by atoms with Crippen LogP contribution < -0.4 is 10.9 Å². The molecule has 6 nitrogen and oxygen atoms in total. The lowest BCUT2D eigenvalue weighted by molar-refractivity contribution is 0.0845. The number of halogens is 1. The van der Waals surface area contributed by atoms with Gasteiger partial charge in [-0.2, -0.15) is 0 Å². The minimum Gasteiger partial charge on any atom is -0.466 e. The molecule has 0 aliphatic heterocycles. The molecule has 104 valence electrons. The number of nitrogens with zero attached hydrogens (tertiary/aromatic N) is 1. The molecular weight excluding hydrogens is 282 g/mol. The van der Waals surface area contributed by atoms with E-state index in [-0.39, 0.29) is 10.7 Å². The molecule has 0 aliphatic rings. The molecule has 0 aliphatic carbocycles. The van der Waals surface area contributed by atoms with Gasteiger partial charge in [0.1, 0.15) is 16.7 Å². The average molecular weight is 294 g/mol. The summed E-state index contributed by atoms with van der Waals surface area (Å²) in [5.41, 5.74) is 5.10. The van der Waals surface area contributed by atoms with E-state index >= 15 is 0 Å². The highest BCUT2D eigenvalue weighted by atomic mass is 35.5. The summed E-state index contributed by atoms with van der Waals surface area (Å²) in [4.78, 5) is 27.5. The molecule has 2 N–H and O–H groups in total. The van der Waals surface area contributed by atoms with Crippen molar-refractivity contribution in [3.63, 3.8) is 0 Å². The van der Waals surface area contributed by atoms with Gasteiger partial charge >= 0.3 is 0 Å². The van der Waals surface area contributed by atoms with Gasteiger partial charge in [-0.1, -0.05) is 11.6 Å². The van der Waals surface area contributed by atoms with Crippen LogP contribution in [-0.2, 0) is 0 Å². The Hall–Kier alpha value is -2.34. The summed E-state index contributed by atoms with van der Waals surface area (Å²) in [5.74, 6) is 0.0879. The number of hydrazine groups is 1. The first-order valence-electron chi connectivity index (χ1n) is 5.77.